The monoisotopic (exact) mass is 320 g/mol. The van der Waals surface area contributed by atoms with Crippen LogP contribution in [0.3, 0.4) is 0 Å². The molecule has 1 N–H and O–H groups in total. The first-order chi connectivity index (χ1) is 11.1. The Balaban J connectivity index is 2.15. The van der Waals surface area contributed by atoms with Crippen molar-refractivity contribution in [2.45, 2.75) is 38.0 Å². The zero-order chi connectivity index (χ0) is 16.8. The van der Waals surface area contributed by atoms with Crippen LogP contribution < -0.4 is 0 Å². The van der Waals surface area contributed by atoms with Gasteiger partial charge >= 0.3 is 11.9 Å². The standard InChI is InChI=1S/C18H24O5/c1-22-17(20)11-15(18(21)23-2)13-7-5-6-12(10-13)14-8-3-4-9-16(14)19/h3-4,8-9,12-13,15,19H,5-7,10-11H2,1-2H3. The van der Waals surface area contributed by atoms with Crippen molar-refractivity contribution in [3.63, 3.8) is 0 Å². The van der Waals surface area contributed by atoms with Crippen LogP contribution in [0.25, 0.3) is 0 Å². The minimum atomic E-state index is -0.485. The molecule has 0 heterocycles. The molecule has 1 fully saturated rings. The smallest absolute Gasteiger partial charge is 0.309 e. The van der Waals surface area contributed by atoms with E-state index in [2.05, 4.69) is 0 Å². The lowest BCUT2D eigenvalue weighted by Gasteiger charge is -2.33. The minimum absolute atomic E-state index is 0.0430. The van der Waals surface area contributed by atoms with Gasteiger partial charge in [-0.15, -0.1) is 0 Å². The van der Waals surface area contributed by atoms with Gasteiger partial charge < -0.3 is 14.6 Å². The quantitative estimate of drug-likeness (QED) is 0.844. The molecule has 1 aliphatic carbocycles. The number of methoxy groups -OCH3 is 2. The van der Waals surface area contributed by atoms with E-state index in [-0.39, 0.29) is 24.2 Å². The van der Waals surface area contributed by atoms with Crippen molar-refractivity contribution in [1.82, 2.24) is 0 Å². The van der Waals surface area contributed by atoms with Gasteiger partial charge in [-0.1, -0.05) is 24.6 Å². The van der Waals surface area contributed by atoms with E-state index in [1.165, 1.54) is 14.2 Å². The van der Waals surface area contributed by atoms with Gasteiger partial charge in [-0.3, -0.25) is 9.59 Å². The summed E-state index contributed by atoms with van der Waals surface area (Å²) < 4.78 is 9.59. The van der Waals surface area contributed by atoms with Gasteiger partial charge in [0.1, 0.15) is 5.75 Å². The van der Waals surface area contributed by atoms with E-state index in [9.17, 15) is 14.7 Å². The third-order valence-electron chi connectivity index (χ3n) is 4.78. The van der Waals surface area contributed by atoms with Gasteiger partial charge in [0.25, 0.3) is 0 Å². The maximum absolute atomic E-state index is 12.1. The molecule has 23 heavy (non-hydrogen) atoms. The number of rotatable bonds is 5. The maximum Gasteiger partial charge on any atom is 0.309 e. The van der Waals surface area contributed by atoms with Crippen molar-refractivity contribution < 1.29 is 24.2 Å². The Kier molecular flexibility index (Phi) is 6.02. The summed E-state index contributed by atoms with van der Waals surface area (Å²) in [6.45, 7) is 0. The third-order valence-corrected chi connectivity index (χ3v) is 4.78. The molecule has 0 radical (unpaired) electrons. The summed E-state index contributed by atoms with van der Waals surface area (Å²) in [5.74, 6) is -0.704. The van der Waals surface area contributed by atoms with Crippen molar-refractivity contribution in [3.05, 3.63) is 29.8 Å². The Hall–Kier alpha value is -2.04. The molecule has 0 bridgehead atoms. The summed E-state index contributed by atoms with van der Waals surface area (Å²) in [7, 11) is 2.66. The molecule has 0 aromatic heterocycles. The predicted octanol–water partition coefficient (Wildman–Crippen LogP) is 3.02. The molecule has 3 unspecified atom stereocenters. The van der Waals surface area contributed by atoms with E-state index in [1.54, 1.807) is 12.1 Å². The van der Waals surface area contributed by atoms with Gasteiger partial charge in [0.2, 0.25) is 0 Å². The summed E-state index contributed by atoms with van der Waals surface area (Å²) in [5.41, 5.74) is 0.916. The fourth-order valence-corrected chi connectivity index (χ4v) is 3.56. The lowest BCUT2D eigenvalue weighted by molar-refractivity contribution is -0.154. The normalized spacial score (nSPS) is 22.2. The number of hydrogen-bond acceptors (Lipinski definition) is 5. The Labute approximate surface area is 136 Å². The van der Waals surface area contributed by atoms with Gasteiger partial charge in [0, 0.05) is 0 Å². The first-order valence-electron chi connectivity index (χ1n) is 7.99. The Bertz CT molecular complexity index is 554. The topological polar surface area (TPSA) is 72.8 Å². The van der Waals surface area contributed by atoms with Gasteiger partial charge in [-0.2, -0.15) is 0 Å². The highest BCUT2D eigenvalue weighted by molar-refractivity contribution is 5.80. The SMILES string of the molecule is COC(=O)CC(C(=O)OC)C1CCCC(c2ccccc2O)C1. The number of carbonyl (C=O) groups excluding carboxylic acids is 2. The van der Waals surface area contributed by atoms with Crippen molar-refractivity contribution >= 4 is 11.9 Å². The molecule has 2 rings (SSSR count). The summed E-state index contributed by atoms with van der Waals surface area (Å²) >= 11 is 0. The number of para-hydroxylation sites is 1. The Morgan fingerprint density at radius 3 is 2.61 bits per heavy atom. The second kappa shape index (κ2) is 7.99. The lowest BCUT2D eigenvalue weighted by atomic mass is 9.72. The first kappa shape index (κ1) is 17.3. The lowest BCUT2D eigenvalue weighted by Crippen LogP contribution is -2.31. The highest BCUT2D eigenvalue weighted by Crippen LogP contribution is 2.43. The average molecular weight is 320 g/mol. The molecule has 126 valence electrons. The molecule has 0 saturated heterocycles. The van der Waals surface area contributed by atoms with Crippen LogP contribution in [0.1, 0.15) is 43.6 Å². The minimum Gasteiger partial charge on any atom is -0.508 e. The van der Waals surface area contributed by atoms with Crippen LogP contribution in [0.5, 0.6) is 5.75 Å². The van der Waals surface area contributed by atoms with Crippen LogP contribution in [0.2, 0.25) is 0 Å². The number of phenolic OH excluding ortho intramolecular Hbond substituents is 1. The third kappa shape index (κ3) is 4.24. The summed E-state index contributed by atoms with van der Waals surface area (Å²) in [5, 5.41) is 10.1. The highest BCUT2D eigenvalue weighted by atomic mass is 16.5. The molecule has 3 atom stereocenters. The average Bonchev–Trinajstić information content (AvgIpc) is 2.59. The van der Waals surface area contributed by atoms with E-state index in [0.29, 0.717) is 5.75 Å². The summed E-state index contributed by atoms with van der Waals surface area (Å²) in [6, 6.07) is 7.32. The van der Waals surface area contributed by atoms with Crippen molar-refractivity contribution in [3.8, 4) is 5.75 Å². The fraction of sp³-hybridized carbons (Fsp3) is 0.556. The van der Waals surface area contributed by atoms with Crippen molar-refractivity contribution in [2.75, 3.05) is 14.2 Å². The molecule has 0 aliphatic heterocycles. The zero-order valence-electron chi connectivity index (χ0n) is 13.7. The number of phenols is 1. The van der Waals surface area contributed by atoms with Crippen LogP contribution in [0.4, 0.5) is 0 Å². The van der Waals surface area contributed by atoms with E-state index in [1.807, 2.05) is 12.1 Å². The van der Waals surface area contributed by atoms with Crippen LogP contribution >= 0.6 is 0 Å². The van der Waals surface area contributed by atoms with Crippen LogP contribution in [0, 0.1) is 11.8 Å². The van der Waals surface area contributed by atoms with Gasteiger partial charge in [-0.25, -0.2) is 0 Å². The Morgan fingerprint density at radius 1 is 1.22 bits per heavy atom. The number of carbonyl (C=O) groups is 2. The molecule has 5 nitrogen and oxygen atoms in total. The van der Waals surface area contributed by atoms with Gasteiger partial charge in [-0.05, 0) is 42.7 Å². The number of ether oxygens (including phenoxy) is 2. The molecule has 0 amide bonds. The van der Waals surface area contributed by atoms with E-state index >= 15 is 0 Å². The first-order valence-corrected chi connectivity index (χ1v) is 7.99. The largest absolute Gasteiger partial charge is 0.508 e. The number of esters is 2. The predicted molar refractivity (Wildman–Crippen MR) is 84.9 cm³/mol. The molecule has 1 aliphatic rings. The molecule has 1 aromatic carbocycles. The number of aromatic hydroxyl groups is 1. The Morgan fingerprint density at radius 2 is 1.96 bits per heavy atom. The highest BCUT2D eigenvalue weighted by Gasteiger charge is 2.36. The summed E-state index contributed by atoms with van der Waals surface area (Å²) in [4.78, 5) is 23.7. The van der Waals surface area contributed by atoms with Gasteiger partial charge in [0.05, 0.1) is 26.6 Å². The van der Waals surface area contributed by atoms with Gasteiger partial charge in [0.15, 0.2) is 0 Å². The second-order valence-electron chi connectivity index (χ2n) is 6.09. The molecule has 5 heteroatoms. The zero-order valence-corrected chi connectivity index (χ0v) is 13.7. The molecule has 1 aromatic rings. The molecular formula is C18H24O5. The summed E-state index contributed by atoms with van der Waals surface area (Å²) in [6.07, 6.45) is 3.61. The van der Waals surface area contributed by atoms with Crippen molar-refractivity contribution in [1.29, 1.82) is 0 Å². The number of hydrogen-bond donors (Lipinski definition) is 1. The second-order valence-corrected chi connectivity index (χ2v) is 6.09. The van der Waals surface area contributed by atoms with E-state index in [0.717, 1.165) is 31.2 Å². The number of benzene rings is 1. The fourth-order valence-electron chi connectivity index (χ4n) is 3.56. The van der Waals surface area contributed by atoms with Crippen LogP contribution in [-0.4, -0.2) is 31.3 Å². The molecule has 0 spiro atoms. The molecule has 1 saturated carbocycles. The van der Waals surface area contributed by atoms with Crippen molar-refractivity contribution in [2.24, 2.45) is 11.8 Å². The molecular weight excluding hydrogens is 296 g/mol. The van der Waals surface area contributed by atoms with Crippen LogP contribution in [-0.2, 0) is 19.1 Å². The van der Waals surface area contributed by atoms with Crippen LogP contribution in [0.15, 0.2) is 24.3 Å². The van der Waals surface area contributed by atoms with E-state index in [4.69, 9.17) is 9.47 Å². The maximum atomic E-state index is 12.1. The van der Waals surface area contributed by atoms with E-state index < -0.39 is 11.9 Å².